The molecule has 0 bridgehead atoms. The minimum absolute atomic E-state index is 0.0443. The van der Waals surface area contributed by atoms with Crippen LogP contribution in [0, 0.1) is 12.3 Å². The normalized spacial score (nSPS) is 16.6. The first kappa shape index (κ1) is 17.3. The van der Waals surface area contributed by atoms with Crippen molar-refractivity contribution >= 4 is 6.03 Å². The van der Waals surface area contributed by atoms with Gasteiger partial charge in [0.25, 0.3) is 0 Å². The van der Waals surface area contributed by atoms with E-state index in [1.165, 1.54) is 0 Å². The highest BCUT2D eigenvalue weighted by Crippen LogP contribution is 2.18. The van der Waals surface area contributed by atoms with Crippen LogP contribution in [0.15, 0.2) is 30.3 Å². The second-order valence-electron chi connectivity index (χ2n) is 5.75. The van der Waals surface area contributed by atoms with Gasteiger partial charge in [-0.3, -0.25) is 4.90 Å². The van der Waals surface area contributed by atoms with Crippen molar-refractivity contribution in [3.63, 3.8) is 0 Å². The zero-order valence-corrected chi connectivity index (χ0v) is 13.4. The monoisotopic (exact) mass is 315 g/mol. The van der Waals surface area contributed by atoms with Gasteiger partial charge in [0.05, 0.1) is 12.6 Å². The van der Waals surface area contributed by atoms with Gasteiger partial charge in [-0.15, -0.1) is 6.42 Å². The molecule has 0 radical (unpaired) electrons. The van der Waals surface area contributed by atoms with E-state index < -0.39 is 0 Å². The van der Waals surface area contributed by atoms with Crippen LogP contribution in [0.2, 0.25) is 0 Å². The summed E-state index contributed by atoms with van der Waals surface area (Å²) < 4.78 is 0. The van der Waals surface area contributed by atoms with Crippen molar-refractivity contribution in [1.82, 2.24) is 15.1 Å². The van der Waals surface area contributed by atoms with Crippen LogP contribution in [0.3, 0.4) is 0 Å². The Balaban J connectivity index is 1.92. The lowest BCUT2D eigenvalue weighted by molar-refractivity contribution is 0.144. The molecule has 0 saturated carbocycles. The fraction of sp³-hybridized carbons (Fsp3) is 0.500. The SMILES string of the molecule is C#CCN1CCN(C(=O)NC(CCCO)c2ccccc2)CC1. The number of nitrogens with zero attached hydrogens (tertiary/aromatic N) is 2. The number of amides is 2. The number of hydrogen-bond acceptors (Lipinski definition) is 3. The van der Waals surface area contributed by atoms with Gasteiger partial charge in [0.2, 0.25) is 0 Å². The number of carbonyl (C=O) groups excluding carboxylic acids is 1. The number of piperazine rings is 1. The molecule has 2 amide bonds. The maximum Gasteiger partial charge on any atom is 0.317 e. The molecule has 1 atom stereocenters. The van der Waals surface area contributed by atoms with Crippen LogP contribution in [0.5, 0.6) is 0 Å². The number of benzene rings is 1. The molecule has 0 aliphatic carbocycles. The van der Waals surface area contributed by atoms with Crippen LogP contribution in [0.25, 0.3) is 0 Å². The molecular formula is C18H25N3O2. The van der Waals surface area contributed by atoms with Crippen molar-refractivity contribution in [1.29, 1.82) is 0 Å². The van der Waals surface area contributed by atoms with E-state index in [1.807, 2.05) is 35.2 Å². The van der Waals surface area contributed by atoms with Crippen molar-refractivity contribution in [2.45, 2.75) is 18.9 Å². The fourth-order valence-corrected chi connectivity index (χ4v) is 2.78. The smallest absolute Gasteiger partial charge is 0.317 e. The fourth-order valence-electron chi connectivity index (χ4n) is 2.78. The number of nitrogens with one attached hydrogen (secondary N) is 1. The van der Waals surface area contributed by atoms with E-state index in [0.717, 1.165) is 25.1 Å². The van der Waals surface area contributed by atoms with E-state index >= 15 is 0 Å². The Kier molecular flexibility index (Phi) is 6.92. The molecule has 5 nitrogen and oxygen atoms in total. The molecule has 1 saturated heterocycles. The molecule has 1 aromatic carbocycles. The highest BCUT2D eigenvalue weighted by molar-refractivity contribution is 5.74. The highest BCUT2D eigenvalue weighted by atomic mass is 16.3. The molecule has 23 heavy (non-hydrogen) atoms. The van der Waals surface area contributed by atoms with Gasteiger partial charge >= 0.3 is 6.03 Å². The van der Waals surface area contributed by atoms with E-state index in [0.29, 0.717) is 26.1 Å². The molecule has 0 aromatic heterocycles. The molecule has 5 heteroatoms. The maximum absolute atomic E-state index is 12.5. The van der Waals surface area contributed by atoms with Crippen LogP contribution in [0.4, 0.5) is 4.79 Å². The maximum atomic E-state index is 12.5. The third kappa shape index (κ3) is 5.27. The quantitative estimate of drug-likeness (QED) is 0.782. The van der Waals surface area contributed by atoms with Gasteiger partial charge in [-0.25, -0.2) is 4.79 Å². The lowest BCUT2D eigenvalue weighted by Gasteiger charge is -2.34. The highest BCUT2D eigenvalue weighted by Gasteiger charge is 2.23. The Bertz CT molecular complexity index is 519. The molecule has 0 spiro atoms. The summed E-state index contributed by atoms with van der Waals surface area (Å²) in [5, 5.41) is 12.2. The van der Waals surface area contributed by atoms with Gasteiger partial charge in [-0.05, 0) is 18.4 Å². The molecule has 124 valence electrons. The summed E-state index contributed by atoms with van der Waals surface area (Å²) in [5.74, 6) is 2.64. The van der Waals surface area contributed by atoms with Gasteiger partial charge < -0.3 is 15.3 Å². The molecule has 1 heterocycles. The van der Waals surface area contributed by atoms with Crippen LogP contribution < -0.4 is 5.32 Å². The number of aliphatic hydroxyl groups excluding tert-OH is 1. The summed E-state index contributed by atoms with van der Waals surface area (Å²) in [6, 6.07) is 9.79. The number of hydrogen-bond donors (Lipinski definition) is 2. The van der Waals surface area contributed by atoms with Crippen LogP contribution in [-0.2, 0) is 0 Å². The first-order valence-corrected chi connectivity index (χ1v) is 8.11. The third-order valence-electron chi connectivity index (χ3n) is 4.12. The number of terminal acetylenes is 1. The summed E-state index contributed by atoms with van der Waals surface area (Å²) in [5.41, 5.74) is 1.07. The zero-order chi connectivity index (χ0) is 16.5. The van der Waals surface area contributed by atoms with Crippen LogP contribution in [-0.4, -0.2) is 60.3 Å². The van der Waals surface area contributed by atoms with E-state index in [1.54, 1.807) is 0 Å². The molecule has 1 aliphatic rings. The van der Waals surface area contributed by atoms with Crippen molar-refractivity contribution in [3.05, 3.63) is 35.9 Å². The van der Waals surface area contributed by atoms with Crippen molar-refractivity contribution < 1.29 is 9.90 Å². The predicted octanol–water partition coefficient (Wildman–Crippen LogP) is 1.46. The van der Waals surface area contributed by atoms with Gasteiger partial charge in [0.15, 0.2) is 0 Å². The second-order valence-corrected chi connectivity index (χ2v) is 5.75. The predicted molar refractivity (Wildman–Crippen MR) is 90.9 cm³/mol. The largest absolute Gasteiger partial charge is 0.396 e. The van der Waals surface area contributed by atoms with Gasteiger partial charge in [0.1, 0.15) is 0 Å². The molecular weight excluding hydrogens is 290 g/mol. The topological polar surface area (TPSA) is 55.8 Å². The molecule has 2 N–H and O–H groups in total. The van der Waals surface area contributed by atoms with Crippen molar-refractivity contribution in [3.8, 4) is 12.3 Å². The summed E-state index contributed by atoms with van der Waals surface area (Å²) in [4.78, 5) is 16.5. The van der Waals surface area contributed by atoms with Gasteiger partial charge in [-0.2, -0.15) is 0 Å². The Morgan fingerprint density at radius 2 is 1.96 bits per heavy atom. The zero-order valence-electron chi connectivity index (χ0n) is 13.4. The molecule has 1 fully saturated rings. The number of urea groups is 1. The summed E-state index contributed by atoms with van der Waals surface area (Å²) in [6.45, 7) is 3.77. The minimum Gasteiger partial charge on any atom is -0.396 e. The van der Waals surface area contributed by atoms with E-state index in [-0.39, 0.29) is 18.7 Å². The third-order valence-corrected chi connectivity index (χ3v) is 4.12. The minimum atomic E-state index is -0.0698. The Labute approximate surface area is 138 Å². The molecule has 1 aliphatic heterocycles. The van der Waals surface area contributed by atoms with E-state index in [4.69, 9.17) is 11.5 Å². The van der Waals surface area contributed by atoms with E-state index in [9.17, 15) is 4.79 Å². The summed E-state index contributed by atoms with van der Waals surface area (Å²) in [7, 11) is 0. The van der Waals surface area contributed by atoms with Crippen LogP contribution >= 0.6 is 0 Å². The Hall–Kier alpha value is -2.03. The van der Waals surface area contributed by atoms with Crippen LogP contribution in [0.1, 0.15) is 24.4 Å². The lowest BCUT2D eigenvalue weighted by atomic mass is 10.0. The average Bonchev–Trinajstić information content (AvgIpc) is 2.60. The Morgan fingerprint density at radius 1 is 1.26 bits per heavy atom. The first-order chi connectivity index (χ1) is 11.2. The standard InChI is InChI=1S/C18H25N3O2/c1-2-10-20-11-13-21(14-12-20)18(23)19-17(9-6-15-22)16-7-4-3-5-8-16/h1,3-5,7-8,17,22H,6,9-15H2,(H,19,23). The average molecular weight is 315 g/mol. The van der Waals surface area contributed by atoms with Gasteiger partial charge in [0, 0.05) is 32.8 Å². The lowest BCUT2D eigenvalue weighted by Crippen LogP contribution is -2.52. The number of aliphatic hydroxyl groups is 1. The molecule has 1 aromatic rings. The Morgan fingerprint density at radius 3 is 2.57 bits per heavy atom. The first-order valence-electron chi connectivity index (χ1n) is 8.11. The summed E-state index contributed by atoms with van der Waals surface area (Å²) in [6.07, 6.45) is 6.71. The van der Waals surface area contributed by atoms with E-state index in [2.05, 4.69) is 16.1 Å². The second kappa shape index (κ2) is 9.19. The summed E-state index contributed by atoms with van der Waals surface area (Å²) >= 11 is 0. The van der Waals surface area contributed by atoms with Gasteiger partial charge in [-0.1, -0.05) is 36.3 Å². The molecule has 2 rings (SSSR count). The number of carbonyl (C=O) groups is 1. The molecule has 1 unspecified atom stereocenters. The van der Waals surface area contributed by atoms with Crippen molar-refractivity contribution in [2.24, 2.45) is 0 Å². The van der Waals surface area contributed by atoms with Crippen molar-refractivity contribution in [2.75, 3.05) is 39.3 Å². The number of rotatable bonds is 6.